The summed E-state index contributed by atoms with van der Waals surface area (Å²) in [5.74, 6) is 2.45. The van der Waals surface area contributed by atoms with Crippen LogP contribution in [0.1, 0.15) is 38.7 Å². The zero-order valence-electron chi connectivity index (χ0n) is 15.9. The molecule has 0 saturated carbocycles. The number of fused-ring (bicyclic) bond motifs is 1. The van der Waals surface area contributed by atoms with Gasteiger partial charge in [0.05, 0.1) is 6.54 Å². The average Bonchev–Trinajstić information content (AvgIpc) is 2.60. The minimum absolute atomic E-state index is 0. The number of anilines is 1. The molecular weight excluding hydrogens is 443 g/mol. The first-order chi connectivity index (χ1) is 12.1. The molecule has 1 aliphatic heterocycles. The number of guanidine groups is 1. The third kappa shape index (κ3) is 7.80. The molecule has 0 radical (unpaired) electrons. The fourth-order valence-corrected chi connectivity index (χ4v) is 2.73. The highest BCUT2D eigenvalue weighted by molar-refractivity contribution is 14.0. The number of benzene rings is 1. The monoisotopic (exact) mass is 474 g/mol. The maximum absolute atomic E-state index is 11.4. The van der Waals surface area contributed by atoms with Gasteiger partial charge in [-0.25, -0.2) is 0 Å². The van der Waals surface area contributed by atoms with Gasteiger partial charge in [0.15, 0.2) is 5.96 Å². The predicted octanol–water partition coefficient (Wildman–Crippen LogP) is 3.17. The van der Waals surface area contributed by atoms with Crippen molar-refractivity contribution in [2.75, 3.05) is 32.1 Å². The molecule has 0 unspecified atom stereocenters. The van der Waals surface area contributed by atoms with E-state index in [1.807, 2.05) is 18.2 Å². The lowest BCUT2D eigenvalue weighted by Gasteiger charge is -2.18. The number of hydrogen-bond acceptors (Lipinski definition) is 3. The summed E-state index contributed by atoms with van der Waals surface area (Å²) in [6.07, 6.45) is 3.66. The Morgan fingerprint density at radius 3 is 2.77 bits per heavy atom. The Morgan fingerprint density at radius 2 is 2.04 bits per heavy atom. The number of carbonyl (C=O) groups excluding carboxylic acids is 1. The van der Waals surface area contributed by atoms with Crippen LogP contribution >= 0.6 is 24.0 Å². The third-order valence-electron chi connectivity index (χ3n) is 4.11. The van der Waals surface area contributed by atoms with E-state index in [0.717, 1.165) is 48.3 Å². The van der Waals surface area contributed by atoms with Crippen molar-refractivity contribution in [1.82, 2.24) is 10.6 Å². The second-order valence-electron chi connectivity index (χ2n) is 6.68. The van der Waals surface area contributed by atoms with Gasteiger partial charge in [-0.1, -0.05) is 13.8 Å². The third-order valence-corrected chi connectivity index (χ3v) is 4.11. The Hall–Kier alpha value is -1.51. The molecule has 1 amide bonds. The molecule has 1 aliphatic rings. The van der Waals surface area contributed by atoms with Crippen LogP contribution in [0.3, 0.4) is 0 Å². The maximum atomic E-state index is 11.4. The molecule has 0 fully saturated rings. The van der Waals surface area contributed by atoms with Crippen LogP contribution in [0, 0.1) is 5.92 Å². The molecule has 1 aromatic carbocycles. The van der Waals surface area contributed by atoms with Crippen LogP contribution in [0.15, 0.2) is 23.2 Å². The number of hydrogen-bond donors (Lipinski definition) is 3. The van der Waals surface area contributed by atoms with Crippen LogP contribution in [-0.2, 0) is 11.2 Å². The molecule has 2 rings (SSSR count). The van der Waals surface area contributed by atoms with E-state index in [9.17, 15) is 4.79 Å². The fraction of sp³-hybridized carbons (Fsp3) is 0.579. The summed E-state index contributed by atoms with van der Waals surface area (Å²) >= 11 is 0. The second kappa shape index (κ2) is 12.0. The molecule has 6 nitrogen and oxygen atoms in total. The molecule has 0 saturated heterocycles. The number of carbonyl (C=O) groups is 1. The number of rotatable bonds is 8. The summed E-state index contributed by atoms with van der Waals surface area (Å²) in [6.45, 7) is 6.63. The quantitative estimate of drug-likeness (QED) is 0.234. The summed E-state index contributed by atoms with van der Waals surface area (Å²) in [7, 11) is 1.77. The van der Waals surface area contributed by atoms with Gasteiger partial charge in [0.1, 0.15) is 12.4 Å². The predicted molar refractivity (Wildman–Crippen MR) is 118 cm³/mol. The van der Waals surface area contributed by atoms with Gasteiger partial charge in [0, 0.05) is 25.7 Å². The Kier molecular flexibility index (Phi) is 10.4. The highest BCUT2D eigenvalue weighted by Gasteiger charge is 2.14. The Morgan fingerprint density at radius 1 is 1.27 bits per heavy atom. The first-order valence-corrected chi connectivity index (χ1v) is 9.08. The summed E-state index contributed by atoms with van der Waals surface area (Å²) in [6, 6.07) is 5.81. The normalized spacial score (nSPS) is 13.5. The first kappa shape index (κ1) is 22.5. The van der Waals surface area contributed by atoms with Crippen LogP contribution in [0.5, 0.6) is 5.75 Å². The topological polar surface area (TPSA) is 74.8 Å². The minimum Gasteiger partial charge on any atom is -0.492 e. The lowest BCUT2D eigenvalue weighted by molar-refractivity contribution is -0.116. The zero-order valence-corrected chi connectivity index (χ0v) is 18.3. The lowest BCUT2D eigenvalue weighted by Crippen LogP contribution is -2.39. The van der Waals surface area contributed by atoms with Crippen LogP contribution < -0.4 is 20.7 Å². The van der Waals surface area contributed by atoms with Crippen molar-refractivity contribution in [3.05, 3.63) is 23.8 Å². The van der Waals surface area contributed by atoms with E-state index in [1.165, 1.54) is 6.42 Å². The van der Waals surface area contributed by atoms with Crippen molar-refractivity contribution in [2.45, 2.75) is 39.5 Å². The molecular formula is C19H31IN4O2. The van der Waals surface area contributed by atoms with Gasteiger partial charge in [-0.05, 0) is 48.9 Å². The van der Waals surface area contributed by atoms with Gasteiger partial charge in [-0.3, -0.25) is 9.79 Å². The van der Waals surface area contributed by atoms with E-state index in [-0.39, 0.29) is 29.9 Å². The Balaban J connectivity index is 0.00000338. The summed E-state index contributed by atoms with van der Waals surface area (Å²) in [4.78, 5) is 15.6. The Bertz CT molecular complexity index is 605. The number of halogens is 1. The highest BCUT2D eigenvalue weighted by Crippen LogP contribution is 2.26. The number of aryl methyl sites for hydroxylation is 1. The highest BCUT2D eigenvalue weighted by atomic mass is 127. The Labute approximate surface area is 173 Å². The largest absolute Gasteiger partial charge is 0.492 e. The van der Waals surface area contributed by atoms with E-state index in [4.69, 9.17) is 4.74 Å². The van der Waals surface area contributed by atoms with Crippen molar-refractivity contribution in [2.24, 2.45) is 10.9 Å². The second-order valence-corrected chi connectivity index (χ2v) is 6.68. The van der Waals surface area contributed by atoms with Gasteiger partial charge in [0.25, 0.3) is 0 Å². The molecule has 7 heteroatoms. The number of nitrogens with zero attached hydrogens (tertiary/aromatic N) is 1. The summed E-state index contributed by atoms with van der Waals surface area (Å²) in [5, 5.41) is 9.44. The van der Waals surface area contributed by atoms with E-state index >= 15 is 0 Å². The molecule has 0 bridgehead atoms. The SMILES string of the molecule is CN=C(NCCCC(C)C)NCCOc1ccc2c(c1)CCC(=O)N2.I. The molecule has 26 heavy (non-hydrogen) atoms. The average molecular weight is 474 g/mol. The molecule has 0 aromatic heterocycles. The fourth-order valence-electron chi connectivity index (χ4n) is 2.73. The van der Waals surface area contributed by atoms with Crippen molar-refractivity contribution >= 4 is 41.5 Å². The summed E-state index contributed by atoms with van der Waals surface area (Å²) < 4.78 is 5.79. The maximum Gasteiger partial charge on any atom is 0.224 e. The molecule has 3 N–H and O–H groups in total. The molecule has 0 atom stereocenters. The van der Waals surface area contributed by atoms with E-state index in [0.29, 0.717) is 19.6 Å². The van der Waals surface area contributed by atoms with Gasteiger partial charge < -0.3 is 20.7 Å². The minimum atomic E-state index is 0. The van der Waals surface area contributed by atoms with Gasteiger partial charge in [0.2, 0.25) is 5.91 Å². The number of nitrogens with one attached hydrogen (secondary N) is 3. The van der Waals surface area contributed by atoms with Gasteiger partial charge in [-0.15, -0.1) is 24.0 Å². The van der Waals surface area contributed by atoms with Gasteiger partial charge in [-0.2, -0.15) is 0 Å². The molecule has 1 aromatic rings. The van der Waals surface area contributed by atoms with Crippen molar-refractivity contribution in [1.29, 1.82) is 0 Å². The summed E-state index contributed by atoms with van der Waals surface area (Å²) in [5.41, 5.74) is 2.03. The van der Waals surface area contributed by atoms with Gasteiger partial charge >= 0.3 is 0 Å². The molecule has 0 spiro atoms. The van der Waals surface area contributed by atoms with E-state index in [2.05, 4.69) is 34.8 Å². The van der Waals surface area contributed by atoms with E-state index in [1.54, 1.807) is 7.05 Å². The molecule has 0 aliphatic carbocycles. The van der Waals surface area contributed by atoms with Crippen LogP contribution in [0.25, 0.3) is 0 Å². The molecule has 146 valence electrons. The standard InChI is InChI=1S/C19H30N4O2.HI/c1-14(2)5-4-10-21-19(20-3)22-11-12-25-16-7-8-17-15(13-16)6-9-18(24)23-17;/h7-8,13-14H,4-6,9-12H2,1-3H3,(H,23,24)(H2,20,21,22);1H. The number of amides is 1. The van der Waals surface area contributed by atoms with Crippen LogP contribution in [-0.4, -0.2) is 38.6 Å². The first-order valence-electron chi connectivity index (χ1n) is 9.08. The smallest absolute Gasteiger partial charge is 0.224 e. The van der Waals surface area contributed by atoms with Crippen molar-refractivity contribution < 1.29 is 9.53 Å². The van der Waals surface area contributed by atoms with Crippen LogP contribution in [0.2, 0.25) is 0 Å². The number of aliphatic imine (C=N–C) groups is 1. The lowest BCUT2D eigenvalue weighted by atomic mass is 10.0. The van der Waals surface area contributed by atoms with Crippen molar-refractivity contribution in [3.8, 4) is 5.75 Å². The van der Waals surface area contributed by atoms with Crippen molar-refractivity contribution in [3.63, 3.8) is 0 Å². The van der Waals surface area contributed by atoms with Crippen LogP contribution in [0.4, 0.5) is 5.69 Å². The number of ether oxygens (including phenoxy) is 1. The zero-order chi connectivity index (χ0) is 18.1. The molecule has 1 heterocycles. The van der Waals surface area contributed by atoms with E-state index < -0.39 is 0 Å².